The van der Waals surface area contributed by atoms with Crippen molar-refractivity contribution in [2.24, 2.45) is 0 Å². The van der Waals surface area contributed by atoms with Crippen LogP contribution in [0, 0.1) is 11.6 Å². The van der Waals surface area contributed by atoms with Crippen LogP contribution < -0.4 is 9.64 Å². The van der Waals surface area contributed by atoms with Gasteiger partial charge in [0.1, 0.15) is 17.4 Å². The van der Waals surface area contributed by atoms with Crippen LogP contribution in [0.5, 0.6) is 5.75 Å². The SMILES string of the molecule is COc1ccc(F)c(N2CC(C)(C)c3cc(F)c(C=O)cc32)c1. The minimum atomic E-state index is -0.556. The van der Waals surface area contributed by atoms with Gasteiger partial charge in [0.2, 0.25) is 0 Å². The van der Waals surface area contributed by atoms with Gasteiger partial charge >= 0.3 is 0 Å². The molecule has 1 aliphatic rings. The van der Waals surface area contributed by atoms with E-state index < -0.39 is 11.6 Å². The zero-order valence-electron chi connectivity index (χ0n) is 13.2. The van der Waals surface area contributed by atoms with Crippen molar-refractivity contribution in [1.29, 1.82) is 0 Å². The zero-order valence-corrected chi connectivity index (χ0v) is 13.2. The molecule has 0 aliphatic carbocycles. The first kappa shape index (κ1) is 15.5. The Morgan fingerprint density at radius 1 is 1.13 bits per heavy atom. The van der Waals surface area contributed by atoms with E-state index in [4.69, 9.17) is 4.74 Å². The summed E-state index contributed by atoms with van der Waals surface area (Å²) in [7, 11) is 1.51. The number of ether oxygens (including phenoxy) is 1. The number of aldehydes is 1. The summed E-state index contributed by atoms with van der Waals surface area (Å²) in [4.78, 5) is 12.8. The van der Waals surface area contributed by atoms with Crippen LogP contribution in [0.25, 0.3) is 0 Å². The first-order chi connectivity index (χ1) is 10.9. The summed E-state index contributed by atoms with van der Waals surface area (Å²) < 4.78 is 33.5. The first-order valence-corrected chi connectivity index (χ1v) is 7.27. The van der Waals surface area contributed by atoms with E-state index in [9.17, 15) is 13.6 Å². The summed E-state index contributed by atoms with van der Waals surface area (Å²) in [6, 6.07) is 7.33. The van der Waals surface area contributed by atoms with Crippen molar-refractivity contribution in [2.75, 3.05) is 18.6 Å². The third kappa shape index (κ3) is 2.46. The predicted molar refractivity (Wildman–Crippen MR) is 84.8 cm³/mol. The van der Waals surface area contributed by atoms with E-state index in [0.29, 0.717) is 30.0 Å². The number of carbonyl (C=O) groups excluding carboxylic acids is 1. The number of nitrogens with zero attached hydrogens (tertiary/aromatic N) is 1. The second-order valence-corrected chi connectivity index (χ2v) is 6.30. The van der Waals surface area contributed by atoms with Crippen LogP contribution in [-0.2, 0) is 5.41 Å². The molecule has 2 aromatic carbocycles. The molecule has 23 heavy (non-hydrogen) atoms. The highest BCUT2D eigenvalue weighted by Crippen LogP contribution is 2.46. The molecule has 3 rings (SSSR count). The molecule has 1 aliphatic heterocycles. The van der Waals surface area contributed by atoms with E-state index in [0.717, 1.165) is 5.56 Å². The Morgan fingerprint density at radius 3 is 2.52 bits per heavy atom. The van der Waals surface area contributed by atoms with E-state index in [1.807, 2.05) is 13.8 Å². The van der Waals surface area contributed by atoms with Crippen LogP contribution in [0.1, 0.15) is 29.8 Å². The molecule has 0 saturated carbocycles. The van der Waals surface area contributed by atoms with E-state index in [1.165, 1.54) is 25.3 Å². The number of anilines is 2. The van der Waals surface area contributed by atoms with Crippen molar-refractivity contribution in [3.8, 4) is 5.75 Å². The number of methoxy groups -OCH3 is 1. The van der Waals surface area contributed by atoms with Crippen LogP contribution >= 0.6 is 0 Å². The second-order valence-electron chi connectivity index (χ2n) is 6.30. The Labute approximate surface area is 133 Å². The molecule has 0 atom stereocenters. The fourth-order valence-electron chi connectivity index (χ4n) is 3.04. The van der Waals surface area contributed by atoms with Crippen molar-refractivity contribution in [1.82, 2.24) is 0 Å². The molecule has 0 spiro atoms. The number of benzene rings is 2. The second kappa shape index (κ2) is 5.33. The molecule has 0 amide bonds. The Morgan fingerprint density at radius 2 is 1.87 bits per heavy atom. The summed E-state index contributed by atoms with van der Waals surface area (Å²) in [6.45, 7) is 4.40. The van der Waals surface area contributed by atoms with Crippen molar-refractivity contribution in [3.05, 3.63) is 53.1 Å². The highest BCUT2D eigenvalue weighted by Gasteiger charge is 2.37. The predicted octanol–water partition coefficient (Wildman–Crippen LogP) is 4.22. The molecule has 0 bridgehead atoms. The molecule has 0 saturated heterocycles. The zero-order chi connectivity index (χ0) is 16.8. The molecule has 0 N–H and O–H groups in total. The third-order valence-corrected chi connectivity index (χ3v) is 4.26. The highest BCUT2D eigenvalue weighted by molar-refractivity contribution is 5.82. The summed E-state index contributed by atoms with van der Waals surface area (Å²) >= 11 is 0. The first-order valence-electron chi connectivity index (χ1n) is 7.27. The molecular weight excluding hydrogens is 300 g/mol. The molecule has 0 unspecified atom stereocenters. The largest absolute Gasteiger partial charge is 0.497 e. The number of fused-ring (bicyclic) bond motifs is 1. The van der Waals surface area contributed by atoms with Gasteiger partial charge in [-0.1, -0.05) is 13.8 Å². The molecule has 0 aromatic heterocycles. The number of carbonyl (C=O) groups is 1. The fraction of sp³-hybridized carbons (Fsp3) is 0.278. The van der Waals surface area contributed by atoms with Crippen LogP contribution in [-0.4, -0.2) is 19.9 Å². The molecule has 2 aromatic rings. The van der Waals surface area contributed by atoms with Gasteiger partial charge in [0.15, 0.2) is 6.29 Å². The van der Waals surface area contributed by atoms with Crippen LogP contribution in [0.4, 0.5) is 20.2 Å². The van der Waals surface area contributed by atoms with E-state index in [-0.39, 0.29) is 11.0 Å². The average Bonchev–Trinajstić information content (AvgIpc) is 2.78. The Kier molecular flexibility index (Phi) is 3.59. The molecule has 3 nitrogen and oxygen atoms in total. The van der Waals surface area contributed by atoms with Gasteiger partial charge in [-0.05, 0) is 29.8 Å². The average molecular weight is 317 g/mol. The standard InChI is InChI=1S/C18H17F2NO2/c1-18(2)10-21(17-7-12(23-3)4-5-14(17)19)16-6-11(9-22)15(20)8-13(16)18/h4-9H,10H2,1-3H3. The minimum Gasteiger partial charge on any atom is -0.497 e. The monoisotopic (exact) mass is 317 g/mol. The van der Waals surface area contributed by atoms with Crippen molar-refractivity contribution < 1.29 is 18.3 Å². The summed E-state index contributed by atoms with van der Waals surface area (Å²) in [5, 5.41) is 0. The molecule has 120 valence electrons. The molecular formula is C18H17F2NO2. The maximum atomic E-state index is 14.3. The fourth-order valence-corrected chi connectivity index (χ4v) is 3.04. The Bertz CT molecular complexity index is 787. The van der Waals surface area contributed by atoms with Crippen molar-refractivity contribution >= 4 is 17.7 Å². The molecule has 1 heterocycles. The Hall–Kier alpha value is -2.43. The summed E-state index contributed by atoms with van der Waals surface area (Å²) in [6.07, 6.45) is 0.473. The maximum absolute atomic E-state index is 14.3. The topological polar surface area (TPSA) is 29.5 Å². The van der Waals surface area contributed by atoms with Gasteiger partial charge in [-0.25, -0.2) is 8.78 Å². The van der Waals surface area contributed by atoms with Crippen molar-refractivity contribution in [2.45, 2.75) is 19.3 Å². The van der Waals surface area contributed by atoms with Gasteiger partial charge < -0.3 is 9.64 Å². The van der Waals surface area contributed by atoms with E-state index in [2.05, 4.69) is 0 Å². The van der Waals surface area contributed by atoms with Gasteiger partial charge in [0, 0.05) is 23.7 Å². The smallest absolute Gasteiger partial charge is 0.153 e. The Balaban J connectivity index is 2.20. The number of halogens is 2. The number of rotatable bonds is 3. The van der Waals surface area contributed by atoms with Gasteiger partial charge in [-0.15, -0.1) is 0 Å². The van der Waals surface area contributed by atoms with Crippen LogP contribution in [0.15, 0.2) is 30.3 Å². The summed E-state index contributed by atoms with van der Waals surface area (Å²) in [5.41, 5.74) is 1.34. The summed E-state index contributed by atoms with van der Waals surface area (Å²) in [5.74, 6) is -0.420. The molecule has 0 fully saturated rings. The third-order valence-electron chi connectivity index (χ3n) is 4.26. The van der Waals surface area contributed by atoms with E-state index in [1.54, 1.807) is 17.0 Å². The normalized spacial score (nSPS) is 15.4. The van der Waals surface area contributed by atoms with Gasteiger partial charge in [-0.2, -0.15) is 0 Å². The maximum Gasteiger partial charge on any atom is 0.153 e. The minimum absolute atomic E-state index is 0.0326. The van der Waals surface area contributed by atoms with E-state index >= 15 is 0 Å². The molecule has 0 radical (unpaired) electrons. The number of hydrogen-bond acceptors (Lipinski definition) is 3. The quantitative estimate of drug-likeness (QED) is 0.794. The lowest BCUT2D eigenvalue weighted by Crippen LogP contribution is -2.25. The van der Waals surface area contributed by atoms with Crippen LogP contribution in [0.3, 0.4) is 0 Å². The van der Waals surface area contributed by atoms with Gasteiger partial charge in [0.05, 0.1) is 18.4 Å². The lowest BCUT2D eigenvalue weighted by Gasteiger charge is -2.23. The molecule has 5 heteroatoms. The van der Waals surface area contributed by atoms with Crippen LogP contribution in [0.2, 0.25) is 0 Å². The van der Waals surface area contributed by atoms with Gasteiger partial charge in [0.25, 0.3) is 0 Å². The lowest BCUT2D eigenvalue weighted by molar-refractivity contribution is 0.112. The highest BCUT2D eigenvalue weighted by atomic mass is 19.1. The van der Waals surface area contributed by atoms with Crippen molar-refractivity contribution in [3.63, 3.8) is 0 Å². The number of hydrogen-bond donors (Lipinski definition) is 0. The van der Waals surface area contributed by atoms with Gasteiger partial charge in [-0.3, -0.25) is 4.79 Å². The lowest BCUT2D eigenvalue weighted by atomic mass is 9.86.